The van der Waals surface area contributed by atoms with Crippen molar-refractivity contribution in [1.29, 1.82) is 0 Å². The Hall–Kier alpha value is -2.78. The molecule has 0 aliphatic carbocycles. The van der Waals surface area contributed by atoms with E-state index in [1.54, 1.807) is 7.11 Å². The Labute approximate surface area is 148 Å². The second-order valence-corrected chi connectivity index (χ2v) is 5.79. The summed E-state index contributed by atoms with van der Waals surface area (Å²) < 4.78 is 17.1. The summed E-state index contributed by atoms with van der Waals surface area (Å²) in [4.78, 5) is 0. The van der Waals surface area contributed by atoms with E-state index in [0.29, 0.717) is 19.8 Å². The van der Waals surface area contributed by atoms with Crippen LogP contribution < -0.4 is 9.47 Å². The third-order valence-electron chi connectivity index (χ3n) is 3.75. The van der Waals surface area contributed by atoms with E-state index in [9.17, 15) is 0 Å². The number of hydrogen-bond donors (Lipinski definition) is 0. The summed E-state index contributed by atoms with van der Waals surface area (Å²) in [6.45, 7) is 1.56. The molecule has 0 aromatic heterocycles. The Kier molecular flexibility index (Phi) is 6.07. The maximum atomic E-state index is 5.94. The molecule has 0 aliphatic rings. The molecule has 0 radical (unpaired) electrons. The minimum Gasteiger partial charge on any atom is -0.489 e. The lowest BCUT2D eigenvalue weighted by Gasteiger charge is -2.12. The molecule has 0 heterocycles. The van der Waals surface area contributed by atoms with E-state index in [-0.39, 0.29) is 0 Å². The fraction of sp³-hybridized carbons (Fsp3) is 0.182. The molecule has 0 spiro atoms. The Morgan fingerprint density at radius 1 is 0.560 bits per heavy atom. The van der Waals surface area contributed by atoms with Crippen LogP contribution in [0.5, 0.6) is 11.5 Å². The molecule has 0 N–H and O–H groups in total. The zero-order chi connectivity index (χ0) is 17.3. The van der Waals surface area contributed by atoms with Gasteiger partial charge in [-0.15, -0.1) is 0 Å². The molecule has 3 aromatic carbocycles. The highest BCUT2D eigenvalue weighted by molar-refractivity contribution is 5.38. The van der Waals surface area contributed by atoms with Crippen molar-refractivity contribution >= 4 is 0 Å². The number of rotatable bonds is 8. The summed E-state index contributed by atoms with van der Waals surface area (Å²) in [5.74, 6) is 1.56. The lowest BCUT2D eigenvalue weighted by atomic mass is 10.2. The molecule has 0 fully saturated rings. The summed E-state index contributed by atoms with van der Waals surface area (Å²) in [6.07, 6.45) is 0. The van der Waals surface area contributed by atoms with Gasteiger partial charge in [-0.2, -0.15) is 0 Å². The van der Waals surface area contributed by atoms with Crippen molar-refractivity contribution < 1.29 is 14.2 Å². The van der Waals surface area contributed by atoms with Crippen LogP contribution in [0, 0.1) is 0 Å². The number of ether oxygens (including phenoxy) is 3. The van der Waals surface area contributed by atoms with Crippen LogP contribution in [0.1, 0.15) is 16.7 Å². The zero-order valence-electron chi connectivity index (χ0n) is 14.4. The van der Waals surface area contributed by atoms with Crippen LogP contribution in [0.15, 0.2) is 78.9 Å². The Balaban J connectivity index is 1.70. The third kappa shape index (κ3) is 5.37. The second-order valence-electron chi connectivity index (χ2n) is 5.79. The van der Waals surface area contributed by atoms with Gasteiger partial charge >= 0.3 is 0 Å². The van der Waals surface area contributed by atoms with Crippen LogP contribution in [0.2, 0.25) is 0 Å². The summed E-state index contributed by atoms with van der Waals surface area (Å²) in [5.41, 5.74) is 3.29. The molecule has 0 unspecified atom stereocenters. The molecular formula is C22H22O3. The Bertz CT molecular complexity index is 708. The molecule has 3 heteroatoms. The molecule has 0 atom stereocenters. The highest BCUT2D eigenvalue weighted by Crippen LogP contribution is 2.25. The monoisotopic (exact) mass is 334 g/mol. The van der Waals surface area contributed by atoms with E-state index in [0.717, 1.165) is 28.2 Å². The van der Waals surface area contributed by atoms with Crippen molar-refractivity contribution in [2.24, 2.45) is 0 Å². The predicted molar refractivity (Wildman–Crippen MR) is 98.7 cm³/mol. The summed E-state index contributed by atoms with van der Waals surface area (Å²) >= 11 is 0. The van der Waals surface area contributed by atoms with Crippen LogP contribution in [0.25, 0.3) is 0 Å². The van der Waals surface area contributed by atoms with Gasteiger partial charge in [0.25, 0.3) is 0 Å². The highest BCUT2D eigenvalue weighted by atomic mass is 16.5. The first-order chi connectivity index (χ1) is 12.3. The van der Waals surface area contributed by atoms with Gasteiger partial charge in [0.15, 0.2) is 0 Å². The minimum absolute atomic E-state index is 0.518. The Morgan fingerprint density at radius 2 is 1.04 bits per heavy atom. The van der Waals surface area contributed by atoms with Crippen LogP contribution in [0.4, 0.5) is 0 Å². The van der Waals surface area contributed by atoms with E-state index in [2.05, 4.69) is 0 Å². The normalized spacial score (nSPS) is 10.4. The first kappa shape index (κ1) is 17.1. The number of methoxy groups -OCH3 is 1. The highest BCUT2D eigenvalue weighted by Gasteiger charge is 2.05. The van der Waals surface area contributed by atoms with E-state index >= 15 is 0 Å². The molecule has 0 aliphatic heterocycles. The molecule has 3 rings (SSSR count). The summed E-state index contributed by atoms with van der Waals surface area (Å²) in [7, 11) is 1.68. The van der Waals surface area contributed by atoms with Crippen molar-refractivity contribution in [3.05, 3.63) is 95.6 Å². The van der Waals surface area contributed by atoms with Gasteiger partial charge in [0.2, 0.25) is 0 Å². The quantitative estimate of drug-likeness (QED) is 0.581. The first-order valence-electron chi connectivity index (χ1n) is 8.30. The topological polar surface area (TPSA) is 27.7 Å². The molecule has 128 valence electrons. The Morgan fingerprint density at radius 3 is 1.48 bits per heavy atom. The van der Waals surface area contributed by atoms with Crippen LogP contribution in [-0.4, -0.2) is 7.11 Å². The predicted octanol–water partition coefficient (Wildman–Crippen LogP) is 4.99. The van der Waals surface area contributed by atoms with Crippen molar-refractivity contribution in [2.45, 2.75) is 19.8 Å². The van der Waals surface area contributed by atoms with E-state index in [1.165, 1.54) is 0 Å². The molecule has 25 heavy (non-hydrogen) atoms. The molecule has 0 saturated heterocycles. The maximum absolute atomic E-state index is 5.94. The third-order valence-corrected chi connectivity index (χ3v) is 3.75. The van der Waals surface area contributed by atoms with Crippen molar-refractivity contribution in [2.75, 3.05) is 7.11 Å². The average molecular weight is 334 g/mol. The lowest BCUT2D eigenvalue weighted by molar-refractivity contribution is 0.183. The average Bonchev–Trinajstić information content (AvgIpc) is 2.67. The summed E-state index contributed by atoms with van der Waals surface area (Å²) in [6, 6.07) is 26.1. The van der Waals surface area contributed by atoms with Crippen molar-refractivity contribution in [3.8, 4) is 11.5 Å². The molecular weight excluding hydrogens is 312 g/mol. The fourth-order valence-electron chi connectivity index (χ4n) is 2.53. The van der Waals surface area contributed by atoms with Gasteiger partial charge < -0.3 is 14.2 Å². The van der Waals surface area contributed by atoms with Crippen LogP contribution in [-0.2, 0) is 24.6 Å². The molecule has 3 aromatic rings. The summed E-state index contributed by atoms with van der Waals surface area (Å²) in [5, 5.41) is 0. The number of benzene rings is 3. The largest absolute Gasteiger partial charge is 0.489 e. The van der Waals surface area contributed by atoms with Gasteiger partial charge in [-0.3, -0.25) is 0 Å². The second kappa shape index (κ2) is 8.90. The molecule has 3 nitrogen and oxygen atoms in total. The van der Waals surface area contributed by atoms with Gasteiger partial charge in [-0.1, -0.05) is 60.7 Å². The molecule has 0 amide bonds. The lowest BCUT2D eigenvalue weighted by Crippen LogP contribution is -2.00. The van der Waals surface area contributed by atoms with E-state index in [4.69, 9.17) is 14.2 Å². The van der Waals surface area contributed by atoms with Gasteiger partial charge in [-0.25, -0.2) is 0 Å². The maximum Gasteiger partial charge on any atom is 0.123 e. The number of hydrogen-bond acceptors (Lipinski definition) is 3. The van der Waals surface area contributed by atoms with Crippen molar-refractivity contribution in [3.63, 3.8) is 0 Å². The van der Waals surface area contributed by atoms with Gasteiger partial charge in [0.1, 0.15) is 24.7 Å². The van der Waals surface area contributed by atoms with E-state index in [1.807, 2.05) is 78.9 Å². The first-order valence-corrected chi connectivity index (χ1v) is 8.30. The van der Waals surface area contributed by atoms with Gasteiger partial charge in [-0.05, 0) is 28.8 Å². The SMILES string of the molecule is COCc1cc(OCc2ccccc2)cc(OCc2ccccc2)c1. The van der Waals surface area contributed by atoms with Gasteiger partial charge in [0, 0.05) is 13.2 Å². The van der Waals surface area contributed by atoms with Crippen LogP contribution in [0.3, 0.4) is 0 Å². The smallest absolute Gasteiger partial charge is 0.123 e. The molecule has 0 saturated carbocycles. The van der Waals surface area contributed by atoms with Crippen molar-refractivity contribution in [1.82, 2.24) is 0 Å². The van der Waals surface area contributed by atoms with Gasteiger partial charge in [0.05, 0.1) is 6.61 Å². The fourth-order valence-corrected chi connectivity index (χ4v) is 2.53. The minimum atomic E-state index is 0.518. The molecule has 0 bridgehead atoms. The van der Waals surface area contributed by atoms with E-state index < -0.39 is 0 Å². The zero-order valence-corrected chi connectivity index (χ0v) is 14.4. The van der Waals surface area contributed by atoms with Crippen LogP contribution >= 0.6 is 0 Å². The standard InChI is InChI=1S/C22H22O3/c1-23-15-20-12-21(24-16-18-8-4-2-5-9-18)14-22(13-20)25-17-19-10-6-3-7-11-19/h2-14H,15-17H2,1H3.